The Kier molecular flexibility index (Phi) is 4.99. The minimum Gasteiger partial charge on any atom is -0.497 e. The number of aromatic nitrogens is 4. The van der Waals surface area contributed by atoms with Crippen molar-refractivity contribution in [2.45, 2.75) is 5.16 Å². The van der Waals surface area contributed by atoms with Gasteiger partial charge in [0.05, 0.1) is 20.0 Å². The minimum absolute atomic E-state index is 0.104. The van der Waals surface area contributed by atoms with Gasteiger partial charge in [-0.2, -0.15) is 4.68 Å². The lowest BCUT2D eigenvalue weighted by Crippen LogP contribution is -2.20. The summed E-state index contributed by atoms with van der Waals surface area (Å²) < 4.78 is 12.0. The number of carbonyl (C=O) groups excluding carboxylic acids is 1. The average Bonchev–Trinajstić information content (AvgIpc) is 3.00. The summed E-state index contributed by atoms with van der Waals surface area (Å²) in [5.41, 5.74) is 0.640. The molecule has 1 heterocycles. The summed E-state index contributed by atoms with van der Waals surface area (Å²) in [5.74, 6) is 1.38. The van der Waals surface area contributed by atoms with Crippen LogP contribution in [0, 0.1) is 0 Å². The van der Waals surface area contributed by atoms with Gasteiger partial charge in [0.1, 0.15) is 17.2 Å². The van der Waals surface area contributed by atoms with Gasteiger partial charge >= 0.3 is 0 Å². The van der Waals surface area contributed by atoms with Crippen LogP contribution < -0.4 is 14.8 Å². The highest BCUT2D eigenvalue weighted by Crippen LogP contribution is 2.29. The zero-order valence-corrected chi connectivity index (χ0v) is 12.7. The zero-order chi connectivity index (χ0) is 15.2. The standard InChI is InChI=1S/C12H15N5O3S/c1-13-11(18)7-21-12-14-15-16-17(12)9-6-8(19-2)4-5-10(9)20-3/h4-6H,7H2,1-3H3,(H,13,18). The molecule has 0 saturated heterocycles. The van der Waals surface area contributed by atoms with Crippen LogP contribution in [0.25, 0.3) is 5.69 Å². The Morgan fingerprint density at radius 2 is 2.19 bits per heavy atom. The number of thioether (sulfide) groups is 1. The number of hydrogen-bond donors (Lipinski definition) is 1. The van der Waals surface area contributed by atoms with E-state index in [4.69, 9.17) is 9.47 Å². The van der Waals surface area contributed by atoms with Crippen LogP contribution in [0.5, 0.6) is 11.5 Å². The number of hydrogen-bond acceptors (Lipinski definition) is 7. The maximum atomic E-state index is 11.3. The SMILES string of the molecule is CNC(=O)CSc1nnnn1-c1cc(OC)ccc1OC. The summed E-state index contributed by atoms with van der Waals surface area (Å²) in [6, 6.07) is 5.31. The summed E-state index contributed by atoms with van der Waals surface area (Å²) in [4.78, 5) is 11.3. The number of amides is 1. The number of tetrazole rings is 1. The first-order chi connectivity index (χ1) is 10.2. The molecule has 1 aromatic carbocycles. The number of nitrogens with one attached hydrogen (secondary N) is 1. The van der Waals surface area contributed by atoms with Crippen LogP contribution in [0.2, 0.25) is 0 Å². The first-order valence-electron chi connectivity index (χ1n) is 6.03. The van der Waals surface area contributed by atoms with Crippen LogP contribution in [0.3, 0.4) is 0 Å². The van der Waals surface area contributed by atoms with Crippen molar-refractivity contribution < 1.29 is 14.3 Å². The maximum Gasteiger partial charge on any atom is 0.230 e. The third-order valence-corrected chi connectivity index (χ3v) is 3.59. The van der Waals surface area contributed by atoms with E-state index in [1.165, 1.54) is 16.4 Å². The van der Waals surface area contributed by atoms with Gasteiger partial charge in [-0.05, 0) is 22.6 Å². The van der Waals surface area contributed by atoms with E-state index in [-0.39, 0.29) is 11.7 Å². The molecule has 1 N–H and O–H groups in total. The highest BCUT2D eigenvalue weighted by atomic mass is 32.2. The van der Waals surface area contributed by atoms with Crippen molar-refractivity contribution in [3.8, 4) is 17.2 Å². The Hall–Kier alpha value is -2.29. The molecule has 0 radical (unpaired) electrons. The largest absolute Gasteiger partial charge is 0.497 e. The maximum absolute atomic E-state index is 11.3. The molecule has 0 bridgehead atoms. The van der Waals surface area contributed by atoms with Gasteiger partial charge in [0.25, 0.3) is 0 Å². The van der Waals surface area contributed by atoms with Gasteiger partial charge < -0.3 is 14.8 Å². The van der Waals surface area contributed by atoms with E-state index in [0.717, 1.165) is 0 Å². The highest BCUT2D eigenvalue weighted by Gasteiger charge is 2.15. The van der Waals surface area contributed by atoms with Gasteiger partial charge in [-0.3, -0.25) is 4.79 Å². The number of carbonyl (C=O) groups is 1. The Balaban J connectivity index is 2.33. The molecular weight excluding hydrogens is 294 g/mol. The lowest BCUT2D eigenvalue weighted by Gasteiger charge is -2.10. The fourth-order valence-electron chi connectivity index (χ4n) is 1.58. The third kappa shape index (κ3) is 3.43. The van der Waals surface area contributed by atoms with Gasteiger partial charge in [0.2, 0.25) is 11.1 Å². The van der Waals surface area contributed by atoms with E-state index in [2.05, 4.69) is 20.8 Å². The van der Waals surface area contributed by atoms with Gasteiger partial charge in [-0.25, -0.2) is 0 Å². The van der Waals surface area contributed by atoms with Crippen molar-refractivity contribution in [1.82, 2.24) is 25.5 Å². The van der Waals surface area contributed by atoms with E-state index in [9.17, 15) is 4.79 Å². The van der Waals surface area contributed by atoms with E-state index in [0.29, 0.717) is 22.3 Å². The summed E-state index contributed by atoms with van der Waals surface area (Å²) >= 11 is 1.23. The fraction of sp³-hybridized carbons (Fsp3) is 0.333. The molecule has 8 nitrogen and oxygen atoms in total. The number of methoxy groups -OCH3 is 2. The first-order valence-corrected chi connectivity index (χ1v) is 7.02. The molecule has 0 saturated carbocycles. The molecule has 2 aromatic rings. The van der Waals surface area contributed by atoms with Crippen LogP contribution in [0.15, 0.2) is 23.4 Å². The van der Waals surface area contributed by atoms with Crippen LogP contribution >= 0.6 is 11.8 Å². The second kappa shape index (κ2) is 6.93. The lowest BCUT2D eigenvalue weighted by molar-refractivity contribution is -0.118. The van der Waals surface area contributed by atoms with Crippen molar-refractivity contribution in [2.75, 3.05) is 27.0 Å². The van der Waals surface area contributed by atoms with E-state index in [1.807, 2.05) is 0 Å². The quantitative estimate of drug-likeness (QED) is 0.778. The van der Waals surface area contributed by atoms with Crippen molar-refractivity contribution in [2.24, 2.45) is 0 Å². The van der Waals surface area contributed by atoms with Gasteiger partial charge in [-0.1, -0.05) is 11.8 Å². The molecule has 0 unspecified atom stereocenters. The van der Waals surface area contributed by atoms with Gasteiger partial charge in [-0.15, -0.1) is 5.10 Å². The highest BCUT2D eigenvalue weighted by molar-refractivity contribution is 7.99. The summed E-state index contributed by atoms with van der Waals surface area (Å²) in [5, 5.41) is 14.5. The Morgan fingerprint density at radius 3 is 2.86 bits per heavy atom. The molecule has 0 aliphatic carbocycles. The molecule has 0 aliphatic heterocycles. The van der Waals surface area contributed by atoms with Crippen LogP contribution in [0.1, 0.15) is 0 Å². The Morgan fingerprint density at radius 1 is 1.38 bits per heavy atom. The normalized spacial score (nSPS) is 10.2. The number of rotatable bonds is 6. The molecule has 0 fully saturated rings. The molecule has 1 amide bonds. The molecule has 2 rings (SSSR count). The van der Waals surface area contributed by atoms with Gasteiger partial charge in [0, 0.05) is 13.1 Å². The monoisotopic (exact) mass is 309 g/mol. The molecule has 1 aromatic heterocycles. The van der Waals surface area contributed by atoms with E-state index in [1.54, 1.807) is 39.5 Å². The predicted molar refractivity (Wildman–Crippen MR) is 77.0 cm³/mol. The molecule has 0 atom stereocenters. The third-order valence-electron chi connectivity index (χ3n) is 2.67. The molecular formula is C12H15N5O3S. The second-order valence-electron chi connectivity index (χ2n) is 3.87. The number of nitrogens with zero attached hydrogens (tertiary/aromatic N) is 4. The van der Waals surface area contributed by atoms with Crippen molar-refractivity contribution in [3.63, 3.8) is 0 Å². The molecule has 21 heavy (non-hydrogen) atoms. The van der Waals surface area contributed by atoms with Crippen molar-refractivity contribution in [1.29, 1.82) is 0 Å². The minimum atomic E-state index is -0.104. The summed E-state index contributed by atoms with van der Waals surface area (Å²) in [7, 11) is 4.72. The van der Waals surface area contributed by atoms with Crippen molar-refractivity contribution >= 4 is 17.7 Å². The van der Waals surface area contributed by atoms with E-state index < -0.39 is 0 Å². The topological polar surface area (TPSA) is 91.2 Å². The average molecular weight is 309 g/mol. The first kappa shape index (κ1) is 15.1. The van der Waals surface area contributed by atoms with Crippen LogP contribution in [-0.2, 0) is 4.79 Å². The fourth-order valence-corrected chi connectivity index (χ4v) is 2.34. The lowest BCUT2D eigenvalue weighted by atomic mass is 10.3. The second-order valence-corrected chi connectivity index (χ2v) is 4.82. The smallest absolute Gasteiger partial charge is 0.230 e. The zero-order valence-electron chi connectivity index (χ0n) is 11.9. The number of benzene rings is 1. The number of ether oxygens (including phenoxy) is 2. The summed E-state index contributed by atoms with van der Waals surface area (Å²) in [6.45, 7) is 0. The van der Waals surface area contributed by atoms with E-state index >= 15 is 0 Å². The summed E-state index contributed by atoms with van der Waals surface area (Å²) in [6.07, 6.45) is 0. The molecule has 0 spiro atoms. The van der Waals surface area contributed by atoms with Crippen molar-refractivity contribution in [3.05, 3.63) is 18.2 Å². The molecule has 9 heteroatoms. The van der Waals surface area contributed by atoms with Crippen LogP contribution in [-0.4, -0.2) is 53.1 Å². The Labute approximate surface area is 125 Å². The molecule has 0 aliphatic rings. The van der Waals surface area contributed by atoms with Gasteiger partial charge in [0.15, 0.2) is 0 Å². The molecule has 112 valence electrons. The van der Waals surface area contributed by atoms with Crippen LogP contribution in [0.4, 0.5) is 0 Å². The predicted octanol–water partition coefficient (Wildman–Crippen LogP) is 0.518. The Bertz CT molecular complexity index is 631.